The second-order valence-corrected chi connectivity index (χ2v) is 5.89. The van der Waals surface area contributed by atoms with Crippen LogP contribution < -0.4 is 0 Å². The molecule has 0 saturated carbocycles. The molecule has 122 valence electrons. The molecule has 6 nitrogen and oxygen atoms in total. The van der Waals surface area contributed by atoms with E-state index in [1.807, 2.05) is 47.1 Å². The molecule has 0 radical (unpaired) electrons. The summed E-state index contributed by atoms with van der Waals surface area (Å²) in [6, 6.07) is 5.79. The Bertz CT molecular complexity index is 641. The molecule has 3 heterocycles. The average molecular weight is 314 g/mol. The molecule has 1 atom stereocenters. The van der Waals surface area contributed by atoms with Gasteiger partial charge in [-0.2, -0.15) is 5.10 Å². The normalized spacial score (nSPS) is 18.1. The number of aryl methyl sites for hydroxylation is 2. The number of nitrogens with zero attached hydrogens (tertiary/aromatic N) is 4. The summed E-state index contributed by atoms with van der Waals surface area (Å²) in [5.41, 5.74) is 2.08. The van der Waals surface area contributed by atoms with Crippen LogP contribution in [0.5, 0.6) is 0 Å². The largest absolute Gasteiger partial charge is 0.373 e. The lowest BCUT2D eigenvalue weighted by Crippen LogP contribution is -2.47. The lowest BCUT2D eigenvalue weighted by atomic mass is 10.2. The van der Waals surface area contributed by atoms with Crippen molar-refractivity contribution in [3.8, 4) is 0 Å². The fourth-order valence-electron chi connectivity index (χ4n) is 2.77. The molecule has 0 spiro atoms. The van der Waals surface area contributed by atoms with Crippen LogP contribution in [0.1, 0.15) is 17.7 Å². The first kappa shape index (κ1) is 15.7. The van der Waals surface area contributed by atoms with Gasteiger partial charge >= 0.3 is 0 Å². The molecule has 1 unspecified atom stereocenters. The summed E-state index contributed by atoms with van der Waals surface area (Å²) in [6.45, 7) is 4.56. The molecule has 1 amide bonds. The second-order valence-electron chi connectivity index (χ2n) is 5.89. The quantitative estimate of drug-likeness (QED) is 0.838. The molecule has 3 rings (SSSR count). The lowest BCUT2D eigenvalue weighted by molar-refractivity contribution is -0.139. The Hall–Kier alpha value is -2.21. The zero-order valence-electron chi connectivity index (χ0n) is 13.4. The number of amides is 1. The molecule has 23 heavy (non-hydrogen) atoms. The van der Waals surface area contributed by atoms with Gasteiger partial charge in [0, 0.05) is 37.6 Å². The number of carbonyl (C=O) groups is 1. The number of ether oxygens (including phenoxy) is 1. The zero-order valence-corrected chi connectivity index (χ0v) is 13.4. The third-order valence-electron chi connectivity index (χ3n) is 3.97. The fraction of sp³-hybridized carbons (Fsp3) is 0.471. The van der Waals surface area contributed by atoms with E-state index >= 15 is 0 Å². The minimum atomic E-state index is 0.00171. The SMILES string of the molecule is Cc1cnn(CC2CN(C(=O)CCc3ccccn3)CCO2)c1. The molecule has 1 aliphatic rings. The molecular formula is C17H22N4O2. The van der Waals surface area contributed by atoms with Gasteiger partial charge in [-0.3, -0.25) is 14.5 Å². The van der Waals surface area contributed by atoms with Crippen molar-refractivity contribution in [2.24, 2.45) is 0 Å². The summed E-state index contributed by atoms with van der Waals surface area (Å²) in [4.78, 5) is 18.6. The minimum absolute atomic E-state index is 0.00171. The fourth-order valence-corrected chi connectivity index (χ4v) is 2.77. The van der Waals surface area contributed by atoms with Crippen LogP contribution in [-0.4, -0.2) is 51.4 Å². The third kappa shape index (κ3) is 4.39. The summed E-state index contributed by atoms with van der Waals surface area (Å²) in [6.07, 6.45) is 6.76. The Kier molecular flexibility index (Phi) is 5.02. The van der Waals surface area contributed by atoms with Gasteiger partial charge in [-0.15, -0.1) is 0 Å². The van der Waals surface area contributed by atoms with Crippen LogP contribution in [0, 0.1) is 6.92 Å². The third-order valence-corrected chi connectivity index (χ3v) is 3.97. The minimum Gasteiger partial charge on any atom is -0.373 e. The molecule has 1 saturated heterocycles. The molecule has 2 aromatic heterocycles. The van der Waals surface area contributed by atoms with Crippen molar-refractivity contribution in [1.29, 1.82) is 0 Å². The highest BCUT2D eigenvalue weighted by atomic mass is 16.5. The first-order chi connectivity index (χ1) is 11.2. The maximum atomic E-state index is 12.4. The van der Waals surface area contributed by atoms with Crippen LogP contribution in [-0.2, 0) is 22.5 Å². The van der Waals surface area contributed by atoms with E-state index in [9.17, 15) is 4.79 Å². The van der Waals surface area contributed by atoms with Gasteiger partial charge < -0.3 is 9.64 Å². The Morgan fingerprint density at radius 3 is 3.09 bits per heavy atom. The van der Waals surface area contributed by atoms with E-state index in [4.69, 9.17) is 4.74 Å². The smallest absolute Gasteiger partial charge is 0.223 e. The van der Waals surface area contributed by atoms with Crippen molar-refractivity contribution in [3.63, 3.8) is 0 Å². The van der Waals surface area contributed by atoms with Crippen LogP contribution in [0.15, 0.2) is 36.8 Å². The monoisotopic (exact) mass is 314 g/mol. The van der Waals surface area contributed by atoms with Crippen LogP contribution >= 0.6 is 0 Å². The lowest BCUT2D eigenvalue weighted by Gasteiger charge is -2.33. The maximum Gasteiger partial charge on any atom is 0.223 e. The predicted octanol–water partition coefficient (Wildman–Crippen LogP) is 1.45. The van der Waals surface area contributed by atoms with E-state index in [0.717, 1.165) is 11.3 Å². The molecule has 2 aromatic rings. The number of rotatable bonds is 5. The van der Waals surface area contributed by atoms with Gasteiger partial charge in [0.15, 0.2) is 0 Å². The summed E-state index contributed by atoms with van der Waals surface area (Å²) in [5.74, 6) is 0.167. The Balaban J connectivity index is 1.50. The van der Waals surface area contributed by atoms with Gasteiger partial charge in [-0.25, -0.2) is 0 Å². The Morgan fingerprint density at radius 2 is 2.35 bits per heavy atom. The van der Waals surface area contributed by atoms with Gasteiger partial charge in [0.2, 0.25) is 5.91 Å². The second kappa shape index (κ2) is 7.37. The molecule has 0 aliphatic carbocycles. The number of hydrogen-bond donors (Lipinski definition) is 0. The molecule has 1 aliphatic heterocycles. The van der Waals surface area contributed by atoms with Crippen molar-refractivity contribution in [2.75, 3.05) is 19.7 Å². The first-order valence-electron chi connectivity index (χ1n) is 7.99. The van der Waals surface area contributed by atoms with Gasteiger partial charge in [-0.05, 0) is 31.0 Å². The van der Waals surface area contributed by atoms with Gasteiger partial charge in [0.25, 0.3) is 0 Å². The van der Waals surface area contributed by atoms with E-state index in [0.29, 0.717) is 39.1 Å². The van der Waals surface area contributed by atoms with Gasteiger partial charge in [0.05, 0.1) is 25.5 Å². The van der Waals surface area contributed by atoms with Crippen molar-refractivity contribution in [1.82, 2.24) is 19.7 Å². The van der Waals surface area contributed by atoms with Crippen LogP contribution in [0.25, 0.3) is 0 Å². The maximum absolute atomic E-state index is 12.4. The van der Waals surface area contributed by atoms with E-state index < -0.39 is 0 Å². The van der Waals surface area contributed by atoms with Gasteiger partial charge in [-0.1, -0.05) is 6.07 Å². The molecule has 6 heteroatoms. The molecular weight excluding hydrogens is 292 g/mol. The number of pyridine rings is 1. The average Bonchev–Trinajstić information content (AvgIpc) is 2.99. The van der Waals surface area contributed by atoms with Crippen LogP contribution in [0.2, 0.25) is 0 Å². The highest BCUT2D eigenvalue weighted by Crippen LogP contribution is 2.10. The zero-order chi connectivity index (χ0) is 16.1. The van der Waals surface area contributed by atoms with Gasteiger partial charge in [0.1, 0.15) is 0 Å². The summed E-state index contributed by atoms with van der Waals surface area (Å²) in [5, 5.41) is 4.28. The highest BCUT2D eigenvalue weighted by Gasteiger charge is 2.24. The van der Waals surface area contributed by atoms with Crippen molar-refractivity contribution < 1.29 is 9.53 Å². The van der Waals surface area contributed by atoms with E-state index in [2.05, 4.69) is 10.1 Å². The molecule has 0 bridgehead atoms. The standard InChI is InChI=1S/C17H22N4O2/c1-14-10-19-21(11-14)13-16-12-20(8-9-23-16)17(22)6-5-15-4-2-3-7-18-15/h2-4,7,10-11,16H,5-6,8-9,12-13H2,1H3. The predicted molar refractivity (Wildman–Crippen MR) is 85.8 cm³/mol. The molecule has 0 aromatic carbocycles. The molecule has 1 fully saturated rings. The van der Waals surface area contributed by atoms with Crippen LogP contribution in [0.4, 0.5) is 0 Å². The van der Waals surface area contributed by atoms with Crippen molar-refractivity contribution in [3.05, 3.63) is 48.0 Å². The first-order valence-corrected chi connectivity index (χ1v) is 7.99. The van der Waals surface area contributed by atoms with E-state index in [1.165, 1.54) is 0 Å². The highest BCUT2D eigenvalue weighted by molar-refractivity contribution is 5.76. The topological polar surface area (TPSA) is 60.2 Å². The summed E-state index contributed by atoms with van der Waals surface area (Å²) >= 11 is 0. The van der Waals surface area contributed by atoms with Crippen LogP contribution in [0.3, 0.4) is 0 Å². The summed E-state index contributed by atoms with van der Waals surface area (Å²) < 4.78 is 7.64. The summed E-state index contributed by atoms with van der Waals surface area (Å²) in [7, 11) is 0. The Labute approximate surface area is 136 Å². The number of aromatic nitrogens is 3. The number of carbonyl (C=O) groups excluding carboxylic acids is 1. The molecule has 0 N–H and O–H groups in total. The number of morpholine rings is 1. The van der Waals surface area contributed by atoms with Crippen molar-refractivity contribution in [2.45, 2.75) is 32.4 Å². The number of hydrogen-bond acceptors (Lipinski definition) is 4. The van der Waals surface area contributed by atoms with E-state index in [-0.39, 0.29) is 12.0 Å². The Morgan fingerprint density at radius 1 is 1.43 bits per heavy atom. The van der Waals surface area contributed by atoms with Crippen molar-refractivity contribution >= 4 is 5.91 Å². The van der Waals surface area contributed by atoms with E-state index in [1.54, 1.807) is 6.20 Å².